The Bertz CT molecular complexity index is 363. The molecular formula is C12H18N4O2. The minimum Gasteiger partial charge on any atom is -0.378 e. The summed E-state index contributed by atoms with van der Waals surface area (Å²) < 4.78 is 5.23. The fourth-order valence-electron chi connectivity index (χ4n) is 2.06. The number of nitrogens with one attached hydrogen (secondary N) is 1. The lowest BCUT2D eigenvalue weighted by atomic mass is 10.2. The second-order valence-electron chi connectivity index (χ2n) is 4.35. The van der Waals surface area contributed by atoms with E-state index in [2.05, 4.69) is 5.32 Å². The van der Waals surface area contributed by atoms with E-state index in [1.807, 2.05) is 11.0 Å². The summed E-state index contributed by atoms with van der Waals surface area (Å²) in [6, 6.07) is 2.01. The summed E-state index contributed by atoms with van der Waals surface area (Å²) in [4.78, 5) is 15.9. The minimum atomic E-state index is -0.162. The molecule has 2 saturated heterocycles. The molecule has 1 amide bonds. The van der Waals surface area contributed by atoms with Gasteiger partial charge < -0.3 is 19.9 Å². The lowest BCUT2D eigenvalue weighted by molar-refractivity contribution is -0.127. The van der Waals surface area contributed by atoms with E-state index in [1.54, 1.807) is 11.1 Å². The van der Waals surface area contributed by atoms with Gasteiger partial charge in [0.2, 0.25) is 0 Å². The number of nitrogens with zero attached hydrogens (tertiary/aromatic N) is 3. The van der Waals surface area contributed by atoms with Gasteiger partial charge >= 0.3 is 0 Å². The highest BCUT2D eigenvalue weighted by atomic mass is 16.5. The Hall–Kier alpha value is -1.58. The van der Waals surface area contributed by atoms with Gasteiger partial charge in [0.05, 0.1) is 13.2 Å². The van der Waals surface area contributed by atoms with Crippen molar-refractivity contribution in [2.45, 2.75) is 0 Å². The van der Waals surface area contributed by atoms with E-state index in [-0.39, 0.29) is 11.5 Å². The summed E-state index contributed by atoms with van der Waals surface area (Å²) in [5.74, 6) is -0.162. The fourth-order valence-corrected chi connectivity index (χ4v) is 2.06. The lowest BCUT2D eigenvalue weighted by Gasteiger charge is -2.29. The Labute approximate surface area is 107 Å². The lowest BCUT2D eigenvalue weighted by Crippen LogP contribution is -2.47. The largest absolute Gasteiger partial charge is 0.378 e. The molecular weight excluding hydrogens is 232 g/mol. The summed E-state index contributed by atoms with van der Waals surface area (Å²) in [6.45, 7) is 5.69. The van der Waals surface area contributed by atoms with Crippen LogP contribution in [0, 0.1) is 11.3 Å². The average Bonchev–Trinajstić information content (AvgIpc) is 2.46. The van der Waals surface area contributed by atoms with Crippen LogP contribution >= 0.6 is 0 Å². The van der Waals surface area contributed by atoms with Gasteiger partial charge in [-0.05, 0) is 0 Å². The molecule has 2 fully saturated rings. The van der Waals surface area contributed by atoms with Gasteiger partial charge in [0.15, 0.2) is 0 Å². The quantitative estimate of drug-likeness (QED) is 0.511. The van der Waals surface area contributed by atoms with Crippen molar-refractivity contribution in [2.24, 2.45) is 0 Å². The Morgan fingerprint density at radius 2 is 1.89 bits per heavy atom. The molecule has 0 aromatic rings. The average molecular weight is 250 g/mol. The monoisotopic (exact) mass is 250 g/mol. The zero-order chi connectivity index (χ0) is 12.8. The van der Waals surface area contributed by atoms with E-state index in [9.17, 15) is 4.79 Å². The van der Waals surface area contributed by atoms with Crippen LogP contribution in [-0.4, -0.2) is 68.2 Å². The Morgan fingerprint density at radius 1 is 1.22 bits per heavy atom. The molecule has 0 bridgehead atoms. The number of morpholine rings is 1. The molecule has 0 aromatic heterocycles. The van der Waals surface area contributed by atoms with E-state index in [1.165, 1.54) is 0 Å². The third-order valence-electron chi connectivity index (χ3n) is 3.11. The van der Waals surface area contributed by atoms with Crippen LogP contribution in [0.3, 0.4) is 0 Å². The van der Waals surface area contributed by atoms with Gasteiger partial charge in [0.25, 0.3) is 5.91 Å². The standard InChI is InChI=1S/C12H18N4O2/c13-9-11(10-15-5-7-18-8-6-15)12(17)16-3-1-14-2-4-16/h10,14H,1-8H2/b11-10-. The summed E-state index contributed by atoms with van der Waals surface area (Å²) in [5, 5.41) is 12.3. The van der Waals surface area contributed by atoms with Crippen LogP contribution in [0.1, 0.15) is 0 Å². The van der Waals surface area contributed by atoms with Crippen LogP contribution in [0.5, 0.6) is 0 Å². The SMILES string of the molecule is N#C/C(=C/N1CCOCC1)C(=O)N1CCNCC1. The van der Waals surface area contributed by atoms with Gasteiger partial charge in [-0.1, -0.05) is 0 Å². The Morgan fingerprint density at radius 3 is 2.50 bits per heavy atom. The molecule has 2 aliphatic heterocycles. The number of piperazine rings is 1. The first-order chi connectivity index (χ1) is 8.81. The number of ether oxygens (including phenoxy) is 1. The van der Waals surface area contributed by atoms with Crippen molar-refractivity contribution in [1.82, 2.24) is 15.1 Å². The van der Waals surface area contributed by atoms with E-state index >= 15 is 0 Å². The molecule has 2 aliphatic rings. The molecule has 2 rings (SSSR count). The van der Waals surface area contributed by atoms with Crippen LogP contribution < -0.4 is 5.32 Å². The van der Waals surface area contributed by atoms with Gasteiger partial charge in [0.1, 0.15) is 11.6 Å². The van der Waals surface area contributed by atoms with Crippen LogP contribution in [-0.2, 0) is 9.53 Å². The smallest absolute Gasteiger partial charge is 0.266 e. The predicted octanol–water partition coefficient (Wildman–Crippen LogP) is -0.842. The first-order valence-electron chi connectivity index (χ1n) is 6.25. The second-order valence-corrected chi connectivity index (χ2v) is 4.35. The van der Waals surface area contributed by atoms with Crippen molar-refractivity contribution in [1.29, 1.82) is 5.26 Å². The van der Waals surface area contributed by atoms with E-state index in [0.717, 1.165) is 26.2 Å². The molecule has 0 unspecified atom stereocenters. The molecule has 0 aromatic carbocycles. The van der Waals surface area contributed by atoms with Gasteiger partial charge in [-0.2, -0.15) is 5.26 Å². The molecule has 2 heterocycles. The number of hydrogen-bond donors (Lipinski definition) is 1. The number of nitriles is 1. The van der Waals surface area contributed by atoms with E-state index in [4.69, 9.17) is 10.00 Å². The van der Waals surface area contributed by atoms with Crippen LogP contribution in [0.4, 0.5) is 0 Å². The van der Waals surface area contributed by atoms with Crippen LogP contribution in [0.25, 0.3) is 0 Å². The highest BCUT2D eigenvalue weighted by Crippen LogP contribution is 2.06. The molecule has 6 heteroatoms. The van der Waals surface area contributed by atoms with Gasteiger partial charge in [-0.15, -0.1) is 0 Å². The van der Waals surface area contributed by atoms with Crippen molar-refractivity contribution in [2.75, 3.05) is 52.5 Å². The molecule has 98 valence electrons. The second kappa shape index (κ2) is 6.38. The molecule has 1 N–H and O–H groups in total. The van der Waals surface area contributed by atoms with Crippen LogP contribution in [0.2, 0.25) is 0 Å². The summed E-state index contributed by atoms with van der Waals surface area (Å²) in [5.41, 5.74) is 0.221. The first kappa shape index (κ1) is 12.9. The topological polar surface area (TPSA) is 68.6 Å². The van der Waals surface area contributed by atoms with E-state index < -0.39 is 0 Å². The number of rotatable bonds is 2. The predicted molar refractivity (Wildman–Crippen MR) is 65.5 cm³/mol. The molecule has 0 atom stereocenters. The van der Waals surface area contributed by atoms with Crippen molar-refractivity contribution < 1.29 is 9.53 Å². The summed E-state index contributed by atoms with van der Waals surface area (Å²) in [6.07, 6.45) is 1.67. The number of amides is 1. The minimum absolute atomic E-state index is 0.162. The highest BCUT2D eigenvalue weighted by molar-refractivity contribution is 5.97. The zero-order valence-corrected chi connectivity index (χ0v) is 10.4. The third kappa shape index (κ3) is 3.22. The molecule has 6 nitrogen and oxygen atoms in total. The molecule has 0 spiro atoms. The molecule has 0 saturated carbocycles. The van der Waals surface area contributed by atoms with Gasteiger partial charge in [-0.3, -0.25) is 4.79 Å². The Balaban J connectivity index is 2.00. The summed E-state index contributed by atoms with van der Waals surface area (Å²) >= 11 is 0. The highest BCUT2D eigenvalue weighted by Gasteiger charge is 2.21. The van der Waals surface area contributed by atoms with E-state index in [0.29, 0.717) is 26.3 Å². The maximum absolute atomic E-state index is 12.2. The third-order valence-corrected chi connectivity index (χ3v) is 3.11. The molecule has 0 radical (unpaired) electrons. The fraction of sp³-hybridized carbons (Fsp3) is 0.667. The Kier molecular flexibility index (Phi) is 4.56. The molecule has 0 aliphatic carbocycles. The normalized spacial score (nSPS) is 21.6. The first-order valence-corrected chi connectivity index (χ1v) is 6.25. The number of carbonyl (C=O) groups excluding carboxylic acids is 1. The maximum atomic E-state index is 12.2. The number of hydrogen-bond acceptors (Lipinski definition) is 5. The maximum Gasteiger partial charge on any atom is 0.266 e. The van der Waals surface area contributed by atoms with Crippen molar-refractivity contribution in [3.05, 3.63) is 11.8 Å². The number of carbonyl (C=O) groups is 1. The van der Waals surface area contributed by atoms with Crippen LogP contribution in [0.15, 0.2) is 11.8 Å². The molecule has 18 heavy (non-hydrogen) atoms. The van der Waals surface area contributed by atoms with Gasteiger partial charge in [-0.25, -0.2) is 0 Å². The van der Waals surface area contributed by atoms with Gasteiger partial charge in [0, 0.05) is 45.5 Å². The van der Waals surface area contributed by atoms with Crippen molar-refractivity contribution in [3.63, 3.8) is 0 Å². The van der Waals surface area contributed by atoms with Crippen molar-refractivity contribution in [3.8, 4) is 6.07 Å². The summed E-state index contributed by atoms with van der Waals surface area (Å²) in [7, 11) is 0. The van der Waals surface area contributed by atoms with Crippen molar-refractivity contribution >= 4 is 5.91 Å². The zero-order valence-electron chi connectivity index (χ0n) is 10.4.